The van der Waals surface area contributed by atoms with Crippen LogP contribution < -0.4 is 0 Å². The minimum absolute atomic E-state index is 0.0542. The molecule has 1 aromatic carbocycles. The number of carbonyl (C=O) groups excluding carboxylic acids is 1. The molecule has 4 nitrogen and oxygen atoms in total. The summed E-state index contributed by atoms with van der Waals surface area (Å²) in [4.78, 5) is 17.8. The van der Waals surface area contributed by atoms with E-state index >= 15 is 0 Å². The third-order valence-corrected chi connectivity index (χ3v) is 6.67. The Kier molecular flexibility index (Phi) is 6.55. The topological polar surface area (TPSA) is 43.8 Å². The van der Waals surface area contributed by atoms with Gasteiger partial charge in [-0.05, 0) is 31.4 Å². The van der Waals surface area contributed by atoms with Crippen molar-refractivity contribution in [2.24, 2.45) is 5.92 Å². The van der Waals surface area contributed by atoms with Gasteiger partial charge in [0.15, 0.2) is 5.60 Å². The fraction of sp³-hybridized carbons (Fsp3) is 0.650. The average molecular weight is 363 g/mol. The highest BCUT2D eigenvalue weighted by molar-refractivity contribution is 8.13. The number of benzene rings is 1. The second kappa shape index (κ2) is 8.67. The molecular formula is C20H30N2O2S. The van der Waals surface area contributed by atoms with E-state index in [2.05, 4.69) is 16.8 Å². The van der Waals surface area contributed by atoms with Crippen LogP contribution in [0.1, 0.15) is 31.2 Å². The lowest BCUT2D eigenvalue weighted by Gasteiger charge is -2.34. The summed E-state index contributed by atoms with van der Waals surface area (Å²) in [5.41, 5.74) is -0.566. The summed E-state index contributed by atoms with van der Waals surface area (Å²) in [6.45, 7) is 5.23. The quantitative estimate of drug-likeness (QED) is 0.843. The number of nitrogens with zero attached hydrogens (tertiary/aromatic N) is 2. The minimum atomic E-state index is -1.33. The van der Waals surface area contributed by atoms with E-state index in [0.717, 1.165) is 69.7 Å². The van der Waals surface area contributed by atoms with Crippen molar-refractivity contribution in [1.82, 2.24) is 9.80 Å². The van der Waals surface area contributed by atoms with Crippen LogP contribution in [-0.2, 0) is 10.4 Å². The molecule has 5 heteroatoms. The molecule has 138 valence electrons. The molecule has 0 aromatic heterocycles. The van der Waals surface area contributed by atoms with Crippen LogP contribution in [0.15, 0.2) is 30.3 Å². The molecule has 2 fully saturated rings. The number of rotatable bonds is 6. The van der Waals surface area contributed by atoms with Crippen LogP contribution in [0.2, 0.25) is 0 Å². The molecule has 25 heavy (non-hydrogen) atoms. The second-order valence-electron chi connectivity index (χ2n) is 7.39. The van der Waals surface area contributed by atoms with Crippen LogP contribution in [0.25, 0.3) is 0 Å². The van der Waals surface area contributed by atoms with Gasteiger partial charge in [-0.1, -0.05) is 54.9 Å². The van der Waals surface area contributed by atoms with Crippen LogP contribution in [0, 0.1) is 5.92 Å². The van der Waals surface area contributed by atoms with E-state index in [9.17, 15) is 9.90 Å². The first-order chi connectivity index (χ1) is 12.1. The molecule has 1 aromatic rings. The largest absolute Gasteiger partial charge is 0.376 e. The Labute approximate surface area is 155 Å². The van der Waals surface area contributed by atoms with Crippen molar-refractivity contribution < 1.29 is 9.90 Å². The van der Waals surface area contributed by atoms with E-state index in [0.29, 0.717) is 0 Å². The number of carbonyl (C=O) groups is 1. The zero-order valence-corrected chi connectivity index (χ0v) is 16.0. The van der Waals surface area contributed by atoms with Crippen molar-refractivity contribution in [3.8, 4) is 0 Å². The fourth-order valence-corrected chi connectivity index (χ4v) is 5.04. The van der Waals surface area contributed by atoms with E-state index in [1.807, 2.05) is 30.3 Å². The highest BCUT2D eigenvalue weighted by Gasteiger charge is 2.46. The van der Waals surface area contributed by atoms with Gasteiger partial charge < -0.3 is 10.0 Å². The summed E-state index contributed by atoms with van der Waals surface area (Å²) in [7, 11) is 2.15. The normalized spacial score (nSPS) is 22.8. The number of aliphatic hydroxyl groups is 1. The van der Waals surface area contributed by atoms with Gasteiger partial charge in [0.05, 0.1) is 0 Å². The third-order valence-electron chi connectivity index (χ3n) is 5.71. The smallest absolute Gasteiger partial charge is 0.225 e. The molecule has 1 heterocycles. The summed E-state index contributed by atoms with van der Waals surface area (Å²) >= 11 is 1.32. The zero-order chi connectivity index (χ0) is 17.7. The van der Waals surface area contributed by atoms with E-state index in [1.165, 1.54) is 11.8 Å². The lowest BCUT2D eigenvalue weighted by Crippen LogP contribution is -2.45. The summed E-state index contributed by atoms with van der Waals surface area (Å²) in [5.74, 6) is 0.809. The number of thioether (sulfide) groups is 1. The van der Waals surface area contributed by atoms with E-state index < -0.39 is 5.60 Å². The van der Waals surface area contributed by atoms with Gasteiger partial charge in [-0.15, -0.1) is 0 Å². The zero-order valence-electron chi connectivity index (χ0n) is 15.2. The van der Waals surface area contributed by atoms with Crippen molar-refractivity contribution in [3.63, 3.8) is 0 Å². The van der Waals surface area contributed by atoms with E-state index in [1.54, 1.807) is 0 Å². The van der Waals surface area contributed by atoms with Crippen LogP contribution >= 0.6 is 11.8 Å². The molecule has 1 saturated carbocycles. The first-order valence-electron chi connectivity index (χ1n) is 9.46. The Morgan fingerprint density at radius 2 is 1.80 bits per heavy atom. The van der Waals surface area contributed by atoms with Crippen molar-refractivity contribution >= 4 is 16.9 Å². The predicted molar refractivity (Wildman–Crippen MR) is 104 cm³/mol. The van der Waals surface area contributed by atoms with Gasteiger partial charge in [0.2, 0.25) is 5.12 Å². The monoisotopic (exact) mass is 362 g/mol. The molecular weight excluding hydrogens is 332 g/mol. The average Bonchev–Trinajstić information content (AvgIpc) is 3.18. The van der Waals surface area contributed by atoms with Crippen LogP contribution in [0.5, 0.6) is 0 Å². The predicted octanol–water partition coefficient (Wildman–Crippen LogP) is 2.57. The number of likely N-dealkylation sites (N-methyl/N-ethyl adjacent to an activating group) is 1. The van der Waals surface area contributed by atoms with Gasteiger partial charge in [-0.3, -0.25) is 9.69 Å². The molecule has 2 aliphatic rings. The molecule has 0 bridgehead atoms. The first kappa shape index (κ1) is 18.9. The Hall–Kier alpha value is -0.880. The number of piperazine rings is 1. The summed E-state index contributed by atoms with van der Waals surface area (Å²) < 4.78 is 0. The molecule has 3 rings (SSSR count). The first-order valence-corrected chi connectivity index (χ1v) is 10.5. The van der Waals surface area contributed by atoms with Crippen LogP contribution in [0.4, 0.5) is 0 Å². The number of hydrogen-bond donors (Lipinski definition) is 1. The van der Waals surface area contributed by atoms with Gasteiger partial charge in [0.1, 0.15) is 0 Å². The fourth-order valence-electron chi connectivity index (χ4n) is 4.00. The molecule has 0 spiro atoms. The van der Waals surface area contributed by atoms with Gasteiger partial charge in [-0.25, -0.2) is 0 Å². The maximum Gasteiger partial charge on any atom is 0.225 e. The third kappa shape index (κ3) is 4.45. The molecule has 1 aliphatic heterocycles. The van der Waals surface area contributed by atoms with Crippen molar-refractivity contribution in [2.75, 3.05) is 45.5 Å². The minimum Gasteiger partial charge on any atom is -0.376 e. The summed E-state index contributed by atoms with van der Waals surface area (Å²) in [5, 5.41) is 11.4. The van der Waals surface area contributed by atoms with E-state index in [4.69, 9.17) is 0 Å². The SMILES string of the molecule is CN1CCN(CCSC(=O)[C@@](O)(c2ccccc2)C2CCCC2)CC1. The van der Waals surface area contributed by atoms with Crippen LogP contribution in [0.3, 0.4) is 0 Å². The molecule has 0 amide bonds. The van der Waals surface area contributed by atoms with Crippen molar-refractivity contribution in [2.45, 2.75) is 31.3 Å². The van der Waals surface area contributed by atoms with E-state index in [-0.39, 0.29) is 11.0 Å². The Bertz CT molecular complexity index is 554. The maximum atomic E-state index is 13.0. The van der Waals surface area contributed by atoms with Gasteiger partial charge in [0, 0.05) is 38.5 Å². The summed E-state index contributed by atoms with van der Waals surface area (Å²) in [6, 6.07) is 9.56. The highest BCUT2D eigenvalue weighted by atomic mass is 32.2. The molecule has 1 atom stereocenters. The number of hydrogen-bond acceptors (Lipinski definition) is 5. The van der Waals surface area contributed by atoms with Gasteiger partial charge in [-0.2, -0.15) is 0 Å². The molecule has 0 radical (unpaired) electrons. The lowest BCUT2D eigenvalue weighted by atomic mass is 9.81. The Morgan fingerprint density at radius 1 is 1.16 bits per heavy atom. The molecule has 1 N–H and O–H groups in total. The second-order valence-corrected chi connectivity index (χ2v) is 8.46. The lowest BCUT2D eigenvalue weighted by molar-refractivity contribution is -0.134. The van der Waals surface area contributed by atoms with Crippen molar-refractivity contribution in [1.29, 1.82) is 0 Å². The van der Waals surface area contributed by atoms with Gasteiger partial charge in [0.25, 0.3) is 0 Å². The standard InChI is InChI=1S/C20H30N2O2S/c1-21-11-13-22(14-12-21)15-16-25-19(23)20(24,18-9-5-6-10-18)17-7-3-2-4-8-17/h2-4,7-8,18,24H,5-6,9-16H2,1H3/t20-/m1/s1. The molecule has 0 unspecified atom stereocenters. The maximum absolute atomic E-state index is 13.0. The Morgan fingerprint density at radius 3 is 2.44 bits per heavy atom. The van der Waals surface area contributed by atoms with Crippen LogP contribution in [-0.4, -0.2) is 65.5 Å². The molecule has 1 aliphatic carbocycles. The van der Waals surface area contributed by atoms with Gasteiger partial charge >= 0.3 is 0 Å². The molecule has 1 saturated heterocycles. The Balaban J connectivity index is 1.61. The highest BCUT2D eigenvalue weighted by Crippen LogP contribution is 2.43. The van der Waals surface area contributed by atoms with Crippen molar-refractivity contribution in [3.05, 3.63) is 35.9 Å². The summed E-state index contributed by atoms with van der Waals surface area (Å²) in [6.07, 6.45) is 4.10.